The predicted molar refractivity (Wildman–Crippen MR) is 25.0 cm³/mol. The van der Waals surface area contributed by atoms with Gasteiger partial charge in [0.2, 0.25) is 6.29 Å². The lowest BCUT2D eigenvalue weighted by Crippen LogP contribution is -2.15. The van der Waals surface area contributed by atoms with Crippen molar-refractivity contribution in [3.63, 3.8) is 0 Å². The molecule has 0 aliphatic heterocycles. The molecule has 0 atom stereocenters. The summed E-state index contributed by atoms with van der Waals surface area (Å²) in [6.07, 6.45) is 2.43. The van der Waals surface area contributed by atoms with Crippen molar-refractivity contribution in [2.75, 3.05) is 0 Å². The molecule has 0 spiro atoms. The SMILES string of the molecule is O=[C]C1(C(=O)O)CC1. The van der Waals surface area contributed by atoms with Gasteiger partial charge in [-0.15, -0.1) is 0 Å². The Hall–Kier alpha value is -0.860. The second-order valence-corrected chi connectivity index (χ2v) is 1.99. The van der Waals surface area contributed by atoms with Crippen LogP contribution in [0.1, 0.15) is 12.8 Å². The number of hydrogen-bond acceptors (Lipinski definition) is 2. The molecule has 1 rings (SSSR count). The summed E-state index contributed by atoms with van der Waals surface area (Å²) in [6.45, 7) is 0. The van der Waals surface area contributed by atoms with Crippen LogP contribution in [0.15, 0.2) is 0 Å². The van der Waals surface area contributed by atoms with Crippen molar-refractivity contribution in [3.8, 4) is 0 Å². The molecule has 0 aromatic heterocycles. The summed E-state index contributed by atoms with van der Waals surface area (Å²) in [7, 11) is 0. The smallest absolute Gasteiger partial charge is 0.317 e. The van der Waals surface area contributed by atoms with E-state index >= 15 is 0 Å². The molecule has 0 aromatic carbocycles. The highest BCUT2D eigenvalue weighted by Crippen LogP contribution is 2.43. The quantitative estimate of drug-likeness (QED) is 0.511. The van der Waals surface area contributed by atoms with Crippen LogP contribution in [0.2, 0.25) is 0 Å². The van der Waals surface area contributed by atoms with E-state index in [0.29, 0.717) is 12.8 Å². The van der Waals surface area contributed by atoms with Crippen LogP contribution in [0.25, 0.3) is 0 Å². The summed E-state index contributed by atoms with van der Waals surface area (Å²) in [5, 5.41) is 8.24. The number of aliphatic carboxylic acids is 1. The summed E-state index contributed by atoms with van der Waals surface area (Å²) in [4.78, 5) is 19.9. The Morgan fingerprint density at radius 2 is 2.12 bits per heavy atom. The van der Waals surface area contributed by atoms with Crippen molar-refractivity contribution < 1.29 is 14.7 Å². The largest absolute Gasteiger partial charge is 0.480 e. The zero-order valence-corrected chi connectivity index (χ0v) is 4.18. The first-order chi connectivity index (χ1) is 3.71. The van der Waals surface area contributed by atoms with Crippen molar-refractivity contribution in [2.45, 2.75) is 12.8 Å². The molecule has 1 radical (unpaired) electrons. The normalized spacial score (nSPS) is 22.0. The second kappa shape index (κ2) is 1.31. The van der Waals surface area contributed by atoms with Crippen molar-refractivity contribution in [1.29, 1.82) is 0 Å². The first-order valence-corrected chi connectivity index (χ1v) is 2.34. The molecule has 0 saturated heterocycles. The van der Waals surface area contributed by atoms with Crippen LogP contribution in [-0.4, -0.2) is 17.4 Å². The molecule has 0 bridgehead atoms. The van der Waals surface area contributed by atoms with Crippen LogP contribution < -0.4 is 0 Å². The average molecular weight is 113 g/mol. The van der Waals surface area contributed by atoms with Gasteiger partial charge in [0.1, 0.15) is 5.41 Å². The lowest BCUT2D eigenvalue weighted by molar-refractivity contribution is -0.140. The van der Waals surface area contributed by atoms with Gasteiger partial charge < -0.3 is 5.11 Å². The third-order valence-electron chi connectivity index (χ3n) is 1.35. The fourth-order valence-electron chi connectivity index (χ4n) is 0.485. The van der Waals surface area contributed by atoms with E-state index in [9.17, 15) is 9.59 Å². The van der Waals surface area contributed by atoms with E-state index < -0.39 is 11.4 Å². The maximum atomic E-state index is 10.1. The molecule has 1 N–H and O–H groups in total. The Balaban J connectivity index is 2.66. The van der Waals surface area contributed by atoms with Gasteiger partial charge in [-0.1, -0.05) is 0 Å². The number of carboxylic acid groups (broad SMARTS) is 1. The van der Waals surface area contributed by atoms with Gasteiger partial charge in [-0.25, -0.2) is 0 Å². The predicted octanol–water partition coefficient (Wildman–Crippen LogP) is -0.0391. The molecule has 0 heterocycles. The monoisotopic (exact) mass is 113 g/mol. The van der Waals surface area contributed by atoms with Crippen LogP contribution >= 0.6 is 0 Å². The Morgan fingerprint density at radius 3 is 2.12 bits per heavy atom. The van der Waals surface area contributed by atoms with E-state index in [1.54, 1.807) is 0 Å². The zero-order valence-electron chi connectivity index (χ0n) is 4.18. The highest BCUT2D eigenvalue weighted by Gasteiger charge is 2.51. The summed E-state index contributed by atoms with van der Waals surface area (Å²) in [5.41, 5.74) is -1.10. The Kier molecular flexibility index (Phi) is 0.863. The average Bonchev–Trinajstić information content (AvgIpc) is 2.44. The Morgan fingerprint density at radius 1 is 1.62 bits per heavy atom. The number of carbonyl (C=O) groups excluding carboxylic acids is 1. The van der Waals surface area contributed by atoms with E-state index in [4.69, 9.17) is 5.11 Å². The standard InChI is InChI=1S/C5H5O3/c6-3-5(1-2-5)4(7)8/h1-2H2,(H,7,8). The maximum Gasteiger partial charge on any atom is 0.317 e. The van der Waals surface area contributed by atoms with E-state index in [0.717, 1.165) is 0 Å². The lowest BCUT2D eigenvalue weighted by Gasteiger charge is -1.91. The molecule has 1 fully saturated rings. The lowest BCUT2D eigenvalue weighted by atomic mass is 10.1. The first kappa shape index (κ1) is 5.28. The van der Waals surface area contributed by atoms with E-state index in [1.807, 2.05) is 0 Å². The molecular weight excluding hydrogens is 108 g/mol. The van der Waals surface area contributed by atoms with Gasteiger partial charge in [-0.05, 0) is 12.8 Å². The molecule has 0 aromatic rings. The molecule has 1 saturated carbocycles. The zero-order chi connectivity index (χ0) is 6.20. The van der Waals surface area contributed by atoms with Crippen molar-refractivity contribution in [3.05, 3.63) is 0 Å². The van der Waals surface area contributed by atoms with Gasteiger partial charge in [0.05, 0.1) is 0 Å². The summed E-state index contributed by atoms with van der Waals surface area (Å²) in [6, 6.07) is 0. The van der Waals surface area contributed by atoms with Gasteiger partial charge in [0.25, 0.3) is 0 Å². The summed E-state index contributed by atoms with van der Waals surface area (Å²) in [5.74, 6) is -1.03. The fraction of sp³-hybridized carbons (Fsp3) is 0.600. The van der Waals surface area contributed by atoms with Crippen molar-refractivity contribution in [1.82, 2.24) is 0 Å². The minimum atomic E-state index is -1.10. The molecule has 3 nitrogen and oxygen atoms in total. The molecule has 1 aliphatic rings. The van der Waals surface area contributed by atoms with Gasteiger partial charge in [0.15, 0.2) is 0 Å². The highest BCUT2D eigenvalue weighted by atomic mass is 16.4. The van der Waals surface area contributed by atoms with Gasteiger partial charge in [-0.3, -0.25) is 9.59 Å². The van der Waals surface area contributed by atoms with Crippen LogP contribution in [0.3, 0.4) is 0 Å². The third-order valence-corrected chi connectivity index (χ3v) is 1.35. The van der Waals surface area contributed by atoms with Crippen molar-refractivity contribution >= 4 is 12.3 Å². The van der Waals surface area contributed by atoms with Gasteiger partial charge in [-0.2, -0.15) is 0 Å². The second-order valence-electron chi connectivity index (χ2n) is 1.99. The van der Waals surface area contributed by atoms with Crippen LogP contribution in [0, 0.1) is 5.41 Å². The number of hydrogen-bond donors (Lipinski definition) is 1. The van der Waals surface area contributed by atoms with Gasteiger partial charge >= 0.3 is 5.97 Å². The molecule has 1 aliphatic carbocycles. The maximum absolute atomic E-state index is 10.1. The van der Waals surface area contributed by atoms with Crippen LogP contribution in [0.4, 0.5) is 0 Å². The topological polar surface area (TPSA) is 54.4 Å². The highest BCUT2D eigenvalue weighted by molar-refractivity contribution is 5.95. The molecule has 3 heteroatoms. The molecule has 0 unspecified atom stereocenters. The molecular formula is C5H5O3. The minimum Gasteiger partial charge on any atom is -0.480 e. The first-order valence-electron chi connectivity index (χ1n) is 2.34. The number of rotatable bonds is 2. The van der Waals surface area contributed by atoms with E-state index in [-0.39, 0.29) is 0 Å². The van der Waals surface area contributed by atoms with Gasteiger partial charge in [0, 0.05) is 0 Å². The molecule has 8 heavy (non-hydrogen) atoms. The molecule has 43 valence electrons. The third kappa shape index (κ3) is 0.510. The van der Waals surface area contributed by atoms with Crippen LogP contribution in [-0.2, 0) is 9.59 Å². The Bertz CT molecular complexity index is 135. The summed E-state index contributed by atoms with van der Waals surface area (Å²) >= 11 is 0. The number of carbonyl (C=O) groups is 1. The van der Waals surface area contributed by atoms with E-state index in [2.05, 4.69) is 0 Å². The number of carboxylic acids is 1. The minimum absolute atomic E-state index is 0.464. The fourth-order valence-corrected chi connectivity index (χ4v) is 0.485. The Labute approximate surface area is 46.3 Å². The molecule has 0 amide bonds. The van der Waals surface area contributed by atoms with Crippen molar-refractivity contribution in [2.24, 2.45) is 5.41 Å². The summed E-state index contributed by atoms with van der Waals surface area (Å²) < 4.78 is 0. The van der Waals surface area contributed by atoms with Crippen LogP contribution in [0.5, 0.6) is 0 Å². The van der Waals surface area contributed by atoms with E-state index in [1.165, 1.54) is 6.29 Å².